The first-order valence-corrected chi connectivity index (χ1v) is 10.7. The molecule has 152 valence electrons. The summed E-state index contributed by atoms with van der Waals surface area (Å²) < 4.78 is 13.4. The average Bonchev–Trinajstić information content (AvgIpc) is 3.41. The number of hydrogen-bond donors (Lipinski definition) is 1. The van der Waals surface area contributed by atoms with Gasteiger partial charge in [0.15, 0.2) is 0 Å². The highest BCUT2D eigenvalue weighted by atomic mass is 19.1. The number of rotatable bonds is 3. The minimum Gasteiger partial charge on any atom is -0.346 e. The number of halogens is 1. The Labute approximate surface area is 166 Å². The molecule has 1 saturated carbocycles. The maximum Gasteiger partial charge on any atom is 0.320 e. The topological polar surface area (TPSA) is 52.7 Å². The summed E-state index contributed by atoms with van der Waals surface area (Å²) in [7, 11) is 0. The Balaban J connectivity index is 1.44. The summed E-state index contributed by atoms with van der Waals surface area (Å²) in [6, 6.07) is 6.62. The summed E-state index contributed by atoms with van der Waals surface area (Å²) in [4.78, 5) is 29.6. The largest absolute Gasteiger partial charge is 0.346 e. The molecule has 28 heavy (non-hydrogen) atoms. The molecule has 1 aromatic carbocycles. The third-order valence-corrected chi connectivity index (χ3v) is 6.66. The van der Waals surface area contributed by atoms with E-state index in [4.69, 9.17) is 0 Å². The Morgan fingerprint density at radius 2 is 1.57 bits per heavy atom. The smallest absolute Gasteiger partial charge is 0.320 e. The van der Waals surface area contributed by atoms with Gasteiger partial charge in [0, 0.05) is 26.2 Å². The maximum atomic E-state index is 13.4. The second kappa shape index (κ2) is 8.10. The monoisotopic (exact) mass is 387 g/mol. The van der Waals surface area contributed by atoms with E-state index in [0.717, 1.165) is 76.6 Å². The molecular formula is C22H30FN3O2. The van der Waals surface area contributed by atoms with Crippen molar-refractivity contribution in [3.8, 4) is 0 Å². The zero-order chi connectivity index (χ0) is 19.6. The first kappa shape index (κ1) is 19.2. The number of carbonyl (C=O) groups is 2. The van der Waals surface area contributed by atoms with E-state index in [1.807, 2.05) is 9.80 Å². The van der Waals surface area contributed by atoms with Crippen LogP contribution in [-0.2, 0) is 10.3 Å². The lowest BCUT2D eigenvalue weighted by atomic mass is 9.86. The molecule has 3 aliphatic rings. The summed E-state index contributed by atoms with van der Waals surface area (Å²) >= 11 is 0. The molecule has 0 radical (unpaired) electrons. The van der Waals surface area contributed by atoms with Gasteiger partial charge in [-0.1, -0.05) is 25.0 Å². The summed E-state index contributed by atoms with van der Waals surface area (Å²) in [5.41, 5.74) is 0.590. The Kier molecular flexibility index (Phi) is 5.56. The number of amides is 3. The van der Waals surface area contributed by atoms with Crippen molar-refractivity contribution in [1.29, 1.82) is 0 Å². The lowest BCUT2D eigenvalue weighted by Gasteiger charge is -2.37. The molecule has 5 nitrogen and oxygen atoms in total. The Hall–Kier alpha value is -2.11. The number of likely N-dealkylation sites (tertiary alicyclic amines) is 2. The van der Waals surface area contributed by atoms with E-state index in [2.05, 4.69) is 5.32 Å². The second-order valence-corrected chi connectivity index (χ2v) is 8.55. The van der Waals surface area contributed by atoms with Crippen molar-refractivity contribution in [2.45, 2.75) is 56.9 Å². The minimum atomic E-state index is -0.397. The first-order valence-electron chi connectivity index (χ1n) is 10.7. The van der Waals surface area contributed by atoms with Crippen molar-refractivity contribution in [3.63, 3.8) is 0 Å². The van der Waals surface area contributed by atoms with E-state index in [1.165, 1.54) is 12.1 Å². The highest BCUT2D eigenvalue weighted by Crippen LogP contribution is 2.39. The molecule has 2 aliphatic heterocycles. The summed E-state index contributed by atoms with van der Waals surface area (Å²) in [5, 5.41) is 3.31. The highest BCUT2D eigenvalue weighted by Gasteiger charge is 2.40. The normalized spacial score (nSPS) is 24.4. The van der Waals surface area contributed by atoms with Crippen molar-refractivity contribution in [1.82, 2.24) is 15.1 Å². The van der Waals surface area contributed by atoms with Crippen molar-refractivity contribution in [3.05, 3.63) is 35.6 Å². The molecule has 6 heteroatoms. The number of carbonyl (C=O) groups excluding carboxylic acids is 2. The predicted octanol–water partition coefficient (Wildman–Crippen LogP) is 3.64. The summed E-state index contributed by atoms with van der Waals surface area (Å²) in [5.74, 6) is -0.394. The third-order valence-electron chi connectivity index (χ3n) is 6.66. The fraction of sp³-hybridized carbons (Fsp3) is 0.636. The lowest BCUT2D eigenvalue weighted by Crippen LogP contribution is -2.52. The summed E-state index contributed by atoms with van der Waals surface area (Å²) in [6.07, 6.45) is 7.70. The van der Waals surface area contributed by atoms with Gasteiger partial charge in [-0.15, -0.1) is 0 Å². The van der Waals surface area contributed by atoms with Crippen LogP contribution < -0.4 is 5.32 Å². The SMILES string of the molecule is O=C(NC1(c2ccc(F)cc2)CCCC1)[C@@H]1CCCN(C(=O)N2CCCC2)C1. The number of nitrogens with zero attached hydrogens (tertiary/aromatic N) is 2. The van der Waals surface area contributed by atoms with E-state index < -0.39 is 5.54 Å². The van der Waals surface area contributed by atoms with E-state index >= 15 is 0 Å². The highest BCUT2D eigenvalue weighted by molar-refractivity contribution is 5.81. The van der Waals surface area contributed by atoms with Gasteiger partial charge in [0.25, 0.3) is 0 Å². The zero-order valence-corrected chi connectivity index (χ0v) is 16.5. The van der Waals surface area contributed by atoms with E-state index in [9.17, 15) is 14.0 Å². The molecule has 1 N–H and O–H groups in total. The molecule has 1 atom stereocenters. The van der Waals surface area contributed by atoms with E-state index in [0.29, 0.717) is 6.54 Å². The van der Waals surface area contributed by atoms with Crippen LogP contribution in [0.5, 0.6) is 0 Å². The van der Waals surface area contributed by atoms with Gasteiger partial charge in [-0.2, -0.15) is 0 Å². The van der Waals surface area contributed by atoms with Crippen LogP contribution in [0.3, 0.4) is 0 Å². The van der Waals surface area contributed by atoms with Crippen LogP contribution >= 0.6 is 0 Å². The van der Waals surface area contributed by atoms with Crippen molar-refractivity contribution >= 4 is 11.9 Å². The van der Waals surface area contributed by atoms with Crippen molar-refractivity contribution in [2.75, 3.05) is 26.2 Å². The summed E-state index contributed by atoms with van der Waals surface area (Å²) in [6.45, 7) is 2.91. The number of urea groups is 1. The molecule has 3 amide bonds. The first-order chi connectivity index (χ1) is 13.6. The quantitative estimate of drug-likeness (QED) is 0.861. The maximum absolute atomic E-state index is 13.4. The lowest BCUT2D eigenvalue weighted by molar-refractivity contribution is -0.128. The fourth-order valence-corrected chi connectivity index (χ4v) is 5.04. The molecule has 0 bridgehead atoms. The molecule has 0 unspecified atom stereocenters. The van der Waals surface area contributed by atoms with Crippen LogP contribution in [0.4, 0.5) is 9.18 Å². The molecule has 1 aromatic rings. The Bertz CT molecular complexity index is 709. The molecule has 0 spiro atoms. The van der Waals surface area contributed by atoms with Crippen molar-refractivity contribution < 1.29 is 14.0 Å². The predicted molar refractivity (Wildman–Crippen MR) is 105 cm³/mol. The standard InChI is InChI=1S/C22H30FN3O2/c23-19-9-7-18(8-10-19)22(11-1-2-12-22)24-20(27)17-6-5-15-26(16-17)21(28)25-13-3-4-14-25/h7-10,17H,1-6,11-16H2,(H,24,27)/t17-/m1/s1. The number of benzene rings is 1. The molecule has 2 heterocycles. The van der Waals surface area contributed by atoms with Gasteiger partial charge >= 0.3 is 6.03 Å². The van der Waals surface area contributed by atoms with Crippen LogP contribution in [0.1, 0.15) is 56.9 Å². The van der Waals surface area contributed by atoms with Gasteiger partial charge in [0.2, 0.25) is 5.91 Å². The van der Waals surface area contributed by atoms with Crippen LogP contribution in [0.25, 0.3) is 0 Å². The molecular weight excluding hydrogens is 357 g/mol. The van der Waals surface area contributed by atoms with Crippen LogP contribution in [0.15, 0.2) is 24.3 Å². The molecule has 0 aromatic heterocycles. The van der Waals surface area contributed by atoms with Gasteiger partial charge < -0.3 is 15.1 Å². The Morgan fingerprint density at radius 1 is 0.929 bits per heavy atom. The Morgan fingerprint density at radius 3 is 2.25 bits per heavy atom. The molecule has 4 rings (SSSR count). The molecule has 2 saturated heterocycles. The van der Waals surface area contributed by atoms with Gasteiger partial charge in [0.05, 0.1) is 11.5 Å². The zero-order valence-electron chi connectivity index (χ0n) is 16.5. The number of hydrogen-bond acceptors (Lipinski definition) is 2. The van der Waals surface area contributed by atoms with Crippen LogP contribution in [-0.4, -0.2) is 47.9 Å². The van der Waals surface area contributed by atoms with E-state index in [-0.39, 0.29) is 23.7 Å². The van der Waals surface area contributed by atoms with Gasteiger partial charge in [-0.25, -0.2) is 9.18 Å². The van der Waals surface area contributed by atoms with Crippen LogP contribution in [0.2, 0.25) is 0 Å². The minimum absolute atomic E-state index is 0.0325. The molecule has 1 aliphatic carbocycles. The third kappa shape index (κ3) is 3.87. The van der Waals surface area contributed by atoms with Crippen LogP contribution in [0, 0.1) is 11.7 Å². The second-order valence-electron chi connectivity index (χ2n) is 8.55. The van der Waals surface area contributed by atoms with Gasteiger partial charge in [-0.05, 0) is 56.2 Å². The number of piperidine rings is 1. The molecule has 3 fully saturated rings. The fourth-order valence-electron chi connectivity index (χ4n) is 5.04. The van der Waals surface area contributed by atoms with Gasteiger partial charge in [-0.3, -0.25) is 4.79 Å². The number of nitrogens with one attached hydrogen (secondary N) is 1. The van der Waals surface area contributed by atoms with Crippen molar-refractivity contribution in [2.24, 2.45) is 5.92 Å². The average molecular weight is 387 g/mol. The van der Waals surface area contributed by atoms with E-state index in [1.54, 1.807) is 12.1 Å². The van der Waals surface area contributed by atoms with Gasteiger partial charge in [0.1, 0.15) is 5.82 Å².